The summed E-state index contributed by atoms with van der Waals surface area (Å²) in [6.07, 6.45) is 0.357. The van der Waals surface area contributed by atoms with Crippen LogP contribution in [0.3, 0.4) is 0 Å². The Balaban J connectivity index is 2.19. The van der Waals surface area contributed by atoms with Gasteiger partial charge in [-0.1, -0.05) is 0 Å². The quantitative estimate of drug-likeness (QED) is 0.891. The van der Waals surface area contributed by atoms with Crippen LogP contribution in [0.5, 0.6) is 5.75 Å². The third-order valence-electron chi connectivity index (χ3n) is 3.42. The van der Waals surface area contributed by atoms with E-state index in [0.717, 1.165) is 0 Å². The second kappa shape index (κ2) is 6.23. The first-order valence-electron chi connectivity index (χ1n) is 6.23. The number of aliphatic carboxylic acids is 1. The minimum Gasteiger partial charge on any atom is -0.495 e. The van der Waals surface area contributed by atoms with Gasteiger partial charge in [0.1, 0.15) is 10.6 Å². The summed E-state index contributed by atoms with van der Waals surface area (Å²) < 4.78 is 10.4. The molecule has 0 spiro atoms. The molecule has 7 heteroatoms. The molecule has 1 aromatic heterocycles. The van der Waals surface area contributed by atoms with Crippen molar-refractivity contribution < 1.29 is 24.2 Å². The van der Waals surface area contributed by atoms with Gasteiger partial charge in [-0.15, -0.1) is 11.3 Å². The van der Waals surface area contributed by atoms with Crippen LogP contribution < -0.4 is 4.74 Å². The average molecular weight is 299 g/mol. The van der Waals surface area contributed by atoms with E-state index in [2.05, 4.69) is 0 Å². The smallest absolute Gasteiger partial charge is 0.305 e. The van der Waals surface area contributed by atoms with E-state index in [0.29, 0.717) is 23.6 Å². The zero-order chi connectivity index (χ0) is 14.7. The highest BCUT2D eigenvalue weighted by molar-refractivity contribution is 7.12. The Bertz CT molecular complexity index is 501. The Labute approximate surface area is 120 Å². The molecule has 2 rings (SSSR count). The van der Waals surface area contributed by atoms with Crippen LogP contribution in [-0.4, -0.2) is 54.8 Å². The molecule has 1 aliphatic rings. The Kier molecular flexibility index (Phi) is 4.61. The molecule has 0 aromatic carbocycles. The molecule has 0 bridgehead atoms. The van der Waals surface area contributed by atoms with Gasteiger partial charge in [-0.05, 0) is 17.9 Å². The number of ether oxygens (including phenoxy) is 2. The SMILES string of the molecule is COc1ccsc1C(=O)N1CC(OC)CC1CC(=O)O. The Morgan fingerprint density at radius 2 is 2.25 bits per heavy atom. The zero-order valence-electron chi connectivity index (χ0n) is 11.4. The number of carboxylic acids is 1. The first kappa shape index (κ1) is 14.8. The van der Waals surface area contributed by atoms with Crippen LogP contribution in [-0.2, 0) is 9.53 Å². The third kappa shape index (κ3) is 2.94. The highest BCUT2D eigenvalue weighted by Crippen LogP contribution is 2.30. The number of nitrogens with zero attached hydrogens (tertiary/aromatic N) is 1. The monoisotopic (exact) mass is 299 g/mol. The Morgan fingerprint density at radius 1 is 1.50 bits per heavy atom. The Morgan fingerprint density at radius 3 is 2.85 bits per heavy atom. The topological polar surface area (TPSA) is 76.1 Å². The predicted octanol–water partition coefficient (Wildman–Crippen LogP) is 1.46. The lowest BCUT2D eigenvalue weighted by Gasteiger charge is -2.22. The van der Waals surface area contributed by atoms with Gasteiger partial charge < -0.3 is 19.5 Å². The summed E-state index contributed by atoms with van der Waals surface area (Å²) in [4.78, 5) is 25.6. The molecule has 110 valence electrons. The van der Waals surface area contributed by atoms with Crippen molar-refractivity contribution in [1.29, 1.82) is 0 Å². The summed E-state index contributed by atoms with van der Waals surface area (Å²) >= 11 is 1.29. The summed E-state index contributed by atoms with van der Waals surface area (Å²) in [5.41, 5.74) is 0. The minimum absolute atomic E-state index is 0.0701. The van der Waals surface area contributed by atoms with E-state index in [4.69, 9.17) is 14.6 Å². The van der Waals surface area contributed by atoms with E-state index in [1.54, 1.807) is 23.5 Å². The van der Waals surface area contributed by atoms with Crippen molar-refractivity contribution in [2.45, 2.75) is 25.0 Å². The van der Waals surface area contributed by atoms with Crippen molar-refractivity contribution in [1.82, 2.24) is 4.90 Å². The van der Waals surface area contributed by atoms with Gasteiger partial charge in [-0.2, -0.15) is 0 Å². The number of hydrogen-bond acceptors (Lipinski definition) is 5. The van der Waals surface area contributed by atoms with E-state index in [9.17, 15) is 9.59 Å². The number of carboxylic acid groups (broad SMARTS) is 1. The molecule has 1 amide bonds. The van der Waals surface area contributed by atoms with Crippen LogP contribution >= 0.6 is 11.3 Å². The van der Waals surface area contributed by atoms with Gasteiger partial charge in [0.25, 0.3) is 5.91 Å². The lowest BCUT2D eigenvalue weighted by Crippen LogP contribution is -2.37. The predicted molar refractivity (Wildman–Crippen MR) is 73.4 cm³/mol. The molecule has 1 N–H and O–H groups in total. The summed E-state index contributed by atoms with van der Waals surface area (Å²) in [7, 11) is 3.08. The summed E-state index contributed by atoms with van der Waals surface area (Å²) in [6.45, 7) is 0.411. The van der Waals surface area contributed by atoms with Gasteiger partial charge in [0, 0.05) is 19.7 Å². The maximum atomic E-state index is 12.5. The molecule has 2 unspecified atom stereocenters. The molecule has 1 aromatic rings. The van der Waals surface area contributed by atoms with Crippen molar-refractivity contribution in [3.8, 4) is 5.75 Å². The molecule has 1 saturated heterocycles. The molecule has 0 aliphatic carbocycles. The highest BCUT2D eigenvalue weighted by Gasteiger charge is 2.38. The molecule has 2 heterocycles. The number of carbonyl (C=O) groups excluding carboxylic acids is 1. The van der Waals surface area contributed by atoms with E-state index in [1.807, 2.05) is 0 Å². The molecular formula is C13H17NO5S. The van der Waals surface area contributed by atoms with Crippen molar-refractivity contribution in [3.63, 3.8) is 0 Å². The van der Waals surface area contributed by atoms with Crippen LogP contribution in [0.2, 0.25) is 0 Å². The first-order chi connectivity index (χ1) is 9.56. The van der Waals surface area contributed by atoms with Crippen LogP contribution in [0.1, 0.15) is 22.5 Å². The van der Waals surface area contributed by atoms with Gasteiger partial charge in [0.05, 0.1) is 19.6 Å². The standard InChI is InChI=1S/C13H17NO5S/c1-18-9-5-8(6-11(15)16)14(7-9)13(17)12-10(19-2)3-4-20-12/h3-4,8-9H,5-7H2,1-2H3,(H,15,16). The zero-order valence-corrected chi connectivity index (χ0v) is 12.2. The number of likely N-dealkylation sites (tertiary alicyclic amines) is 1. The third-order valence-corrected chi connectivity index (χ3v) is 4.31. The molecule has 2 atom stereocenters. The van der Waals surface area contributed by atoms with Crippen molar-refractivity contribution in [2.75, 3.05) is 20.8 Å². The van der Waals surface area contributed by atoms with Crippen molar-refractivity contribution >= 4 is 23.2 Å². The normalized spacial score (nSPS) is 22.0. The molecular weight excluding hydrogens is 282 g/mol. The number of thiophene rings is 1. The maximum absolute atomic E-state index is 12.5. The molecule has 0 radical (unpaired) electrons. The molecule has 20 heavy (non-hydrogen) atoms. The van der Waals surface area contributed by atoms with Crippen LogP contribution in [0, 0.1) is 0 Å². The lowest BCUT2D eigenvalue weighted by atomic mass is 10.1. The minimum atomic E-state index is -0.914. The van der Waals surface area contributed by atoms with Crippen LogP contribution in [0.15, 0.2) is 11.4 Å². The number of rotatable bonds is 5. The molecule has 0 saturated carbocycles. The fraction of sp³-hybridized carbons (Fsp3) is 0.538. The van der Waals surface area contributed by atoms with Gasteiger partial charge in [0.15, 0.2) is 0 Å². The van der Waals surface area contributed by atoms with E-state index in [-0.39, 0.29) is 24.5 Å². The van der Waals surface area contributed by atoms with Crippen molar-refractivity contribution in [2.24, 2.45) is 0 Å². The number of carbonyl (C=O) groups is 2. The lowest BCUT2D eigenvalue weighted by molar-refractivity contribution is -0.137. The van der Waals surface area contributed by atoms with Gasteiger partial charge >= 0.3 is 5.97 Å². The summed E-state index contributed by atoms with van der Waals surface area (Å²) in [6, 6.07) is 1.39. The van der Waals surface area contributed by atoms with E-state index < -0.39 is 5.97 Å². The van der Waals surface area contributed by atoms with Gasteiger partial charge in [-0.25, -0.2) is 0 Å². The summed E-state index contributed by atoms with van der Waals surface area (Å²) in [5.74, 6) is -0.583. The van der Waals surface area contributed by atoms with E-state index in [1.165, 1.54) is 18.4 Å². The number of methoxy groups -OCH3 is 2. The first-order valence-corrected chi connectivity index (χ1v) is 7.11. The fourth-order valence-corrected chi connectivity index (χ4v) is 3.25. The molecule has 1 fully saturated rings. The van der Waals surface area contributed by atoms with E-state index >= 15 is 0 Å². The fourth-order valence-electron chi connectivity index (χ4n) is 2.43. The second-order valence-corrected chi connectivity index (χ2v) is 5.54. The number of hydrogen-bond donors (Lipinski definition) is 1. The van der Waals surface area contributed by atoms with Gasteiger partial charge in [-0.3, -0.25) is 9.59 Å². The Hall–Kier alpha value is -1.60. The largest absolute Gasteiger partial charge is 0.495 e. The molecule has 6 nitrogen and oxygen atoms in total. The van der Waals surface area contributed by atoms with Crippen LogP contribution in [0.25, 0.3) is 0 Å². The second-order valence-electron chi connectivity index (χ2n) is 4.62. The highest BCUT2D eigenvalue weighted by atomic mass is 32.1. The number of amides is 1. The van der Waals surface area contributed by atoms with Crippen molar-refractivity contribution in [3.05, 3.63) is 16.3 Å². The maximum Gasteiger partial charge on any atom is 0.305 e. The average Bonchev–Trinajstić information content (AvgIpc) is 3.03. The van der Waals surface area contributed by atoms with Crippen LogP contribution in [0.4, 0.5) is 0 Å². The molecule has 1 aliphatic heterocycles. The summed E-state index contributed by atoms with van der Waals surface area (Å²) in [5, 5.41) is 10.7. The van der Waals surface area contributed by atoms with Gasteiger partial charge in [0.2, 0.25) is 0 Å².